The molecule has 6 heteroatoms. The number of nitrogens with zero attached hydrogens (tertiary/aromatic N) is 2. The topological polar surface area (TPSA) is 80.0 Å². The molecule has 1 unspecified atom stereocenters. The quantitative estimate of drug-likeness (QED) is 0.407. The molecule has 0 saturated carbocycles. The smallest absolute Gasteiger partial charge is 0.217 e. The zero-order chi connectivity index (χ0) is 14.8. The highest BCUT2D eigenvalue weighted by Crippen LogP contribution is 2.19. The Morgan fingerprint density at radius 2 is 2.35 bits per heavy atom. The number of methoxy groups -OCH3 is 1. The van der Waals surface area contributed by atoms with Gasteiger partial charge in [0.05, 0.1) is 0 Å². The molecule has 0 bridgehead atoms. The Morgan fingerprint density at radius 1 is 1.55 bits per heavy atom. The molecule has 1 aliphatic heterocycles. The van der Waals surface area contributed by atoms with Crippen molar-refractivity contribution < 1.29 is 9.53 Å². The van der Waals surface area contributed by atoms with Gasteiger partial charge < -0.3 is 20.7 Å². The summed E-state index contributed by atoms with van der Waals surface area (Å²) in [5.41, 5.74) is 5.30. The second kappa shape index (κ2) is 9.58. The number of guanidine groups is 1. The van der Waals surface area contributed by atoms with Crippen LogP contribution < -0.4 is 11.1 Å². The van der Waals surface area contributed by atoms with Gasteiger partial charge in [-0.15, -0.1) is 0 Å². The van der Waals surface area contributed by atoms with Crippen molar-refractivity contribution in [3.8, 4) is 0 Å². The third kappa shape index (κ3) is 6.23. The van der Waals surface area contributed by atoms with E-state index in [1.54, 1.807) is 7.11 Å². The molecule has 1 heterocycles. The number of carbonyl (C=O) groups excluding carboxylic acids is 1. The number of hydrogen-bond donors (Lipinski definition) is 2. The Bertz CT molecular complexity index is 320. The highest BCUT2D eigenvalue weighted by molar-refractivity contribution is 5.80. The van der Waals surface area contributed by atoms with Crippen LogP contribution in [0.2, 0.25) is 0 Å². The van der Waals surface area contributed by atoms with Crippen molar-refractivity contribution in [2.45, 2.75) is 32.6 Å². The molecular formula is C14H28N4O2. The zero-order valence-electron chi connectivity index (χ0n) is 12.7. The van der Waals surface area contributed by atoms with Gasteiger partial charge in [0.2, 0.25) is 5.91 Å². The van der Waals surface area contributed by atoms with Crippen molar-refractivity contribution in [3.63, 3.8) is 0 Å². The maximum Gasteiger partial charge on any atom is 0.217 e. The van der Waals surface area contributed by atoms with Gasteiger partial charge in [-0.25, -0.2) is 0 Å². The molecule has 116 valence electrons. The second-order valence-electron chi connectivity index (χ2n) is 5.21. The molecular weight excluding hydrogens is 256 g/mol. The number of nitrogens with two attached hydrogens (primary N) is 1. The van der Waals surface area contributed by atoms with Crippen LogP contribution in [0.5, 0.6) is 0 Å². The Labute approximate surface area is 121 Å². The number of ether oxygens (including phenoxy) is 1. The van der Waals surface area contributed by atoms with Crippen molar-refractivity contribution in [2.75, 3.05) is 39.9 Å². The maximum atomic E-state index is 11.1. The van der Waals surface area contributed by atoms with E-state index in [2.05, 4.69) is 22.1 Å². The van der Waals surface area contributed by atoms with Crippen LogP contribution in [0.3, 0.4) is 0 Å². The third-order valence-corrected chi connectivity index (χ3v) is 3.41. The first-order valence-corrected chi connectivity index (χ1v) is 7.47. The van der Waals surface area contributed by atoms with E-state index in [1.165, 1.54) is 0 Å². The summed E-state index contributed by atoms with van der Waals surface area (Å²) in [7, 11) is 1.70. The first-order valence-electron chi connectivity index (χ1n) is 7.47. The summed E-state index contributed by atoms with van der Waals surface area (Å²) in [6, 6.07) is 0. The van der Waals surface area contributed by atoms with Gasteiger partial charge in [-0.2, -0.15) is 0 Å². The van der Waals surface area contributed by atoms with E-state index in [1.807, 2.05) is 0 Å². The van der Waals surface area contributed by atoms with Crippen molar-refractivity contribution in [1.29, 1.82) is 0 Å². The Morgan fingerprint density at radius 3 is 3.00 bits per heavy atom. The van der Waals surface area contributed by atoms with Crippen LogP contribution in [0.4, 0.5) is 0 Å². The molecule has 0 aliphatic carbocycles. The van der Waals surface area contributed by atoms with Crippen LogP contribution in [0, 0.1) is 5.92 Å². The van der Waals surface area contributed by atoms with Gasteiger partial charge in [0, 0.05) is 46.3 Å². The van der Waals surface area contributed by atoms with Crippen molar-refractivity contribution in [2.24, 2.45) is 16.6 Å². The highest BCUT2D eigenvalue weighted by Gasteiger charge is 2.23. The summed E-state index contributed by atoms with van der Waals surface area (Å²) in [4.78, 5) is 17.9. The monoisotopic (exact) mass is 284 g/mol. The molecule has 0 aromatic rings. The number of amides is 1. The van der Waals surface area contributed by atoms with Gasteiger partial charge in [0.25, 0.3) is 0 Å². The highest BCUT2D eigenvalue weighted by atomic mass is 16.5. The van der Waals surface area contributed by atoms with Crippen LogP contribution >= 0.6 is 0 Å². The van der Waals surface area contributed by atoms with Crippen molar-refractivity contribution in [3.05, 3.63) is 0 Å². The zero-order valence-corrected chi connectivity index (χ0v) is 12.7. The number of nitrogens with one attached hydrogen (secondary N) is 1. The Kier molecular flexibility index (Phi) is 8.02. The average Bonchev–Trinajstić information content (AvgIpc) is 2.42. The van der Waals surface area contributed by atoms with E-state index in [9.17, 15) is 4.79 Å². The molecule has 1 fully saturated rings. The molecule has 20 heavy (non-hydrogen) atoms. The van der Waals surface area contributed by atoms with Crippen LogP contribution in [-0.4, -0.2) is 56.7 Å². The van der Waals surface area contributed by atoms with Gasteiger partial charge in [0.15, 0.2) is 5.96 Å². The SMILES string of the molecule is CCNC(=NCCCOC)N1CCCC(CC(N)=O)C1. The Balaban J connectivity index is 2.53. The molecule has 3 N–H and O–H groups in total. The number of aliphatic imine (C=N–C) groups is 1. The van der Waals surface area contributed by atoms with Gasteiger partial charge in [0.1, 0.15) is 0 Å². The predicted octanol–water partition coefficient (Wildman–Crippen LogP) is 0.576. The van der Waals surface area contributed by atoms with E-state index in [0.717, 1.165) is 58.0 Å². The fourth-order valence-corrected chi connectivity index (χ4v) is 2.53. The molecule has 0 spiro atoms. The molecule has 1 saturated heterocycles. The molecule has 0 aromatic heterocycles. The standard InChI is InChI=1S/C14H28N4O2/c1-3-16-14(17-7-5-9-20-2)18-8-4-6-12(11-18)10-13(15)19/h12H,3-11H2,1-2H3,(H2,15,19)(H,16,17). The molecule has 1 amide bonds. The molecule has 1 aliphatic rings. The summed E-state index contributed by atoms with van der Waals surface area (Å²) >= 11 is 0. The van der Waals surface area contributed by atoms with Gasteiger partial charge >= 0.3 is 0 Å². The molecule has 0 aromatic carbocycles. The van der Waals surface area contributed by atoms with Crippen molar-refractivity contribution >= 4 is 11.9 Å². The van der Waals surface area contributed by atoms with Crippen LogP contribution in [0.15, 0.2) is 4.99 Å². The average molecular weight is 284 g/mol. The lowest BCUT2D eigenvalue weighted by Gasteiger charge is -2.34. The minimum atomic E-state index is -0.209. The van der Waals surface area contributed by atoms with Gasteiger partial charge in [-0.05, 0) is 32.1 Å². The van der Waals surface area contributed by atoms with E-state index in [0.29, 0.717) is 12.3 Å². The van der Waals surface area contributed by atoms with Crippen LogP contribution in [-0.2, 0) is 9.53 Å². The largest absolute Gasteiger partial charge is 0.385 e. The minimum Gasteiger partial charge on any atom is -0.385 e. The summed E-state index contributed by atoms with van der Waals surface area (Å²) < 4.78 is 5.04. The third-order valence-electron chi connectivity index (χ3n) is 3.41. The van der Waals surface area contributed by atoms with E-state index in [4.69, 9.17) is 10.5 Å². The minimum absolute atomic E-state index is 0.209. The maximum absolute atomic E-state index is 11.1. The summed E-state index contributed by atoms with van der Waals surface area (Å²) in [6.07, 6.45) is 3.55. The first-order chi connectivity index (χ1) is 9.67. The number of likely N-dealkylation sites (tertiary alicyclic amines) is 1. The number of rotatable bonds is 7. The summed E-state index contributed by atoms with van der Waals surface area (Å²) in [6.45, 7) is 6.25. The lowest BCUT2D eigenvalue weighted by molar-refractivity contribution is -0.119. The van der Waals surface area contributed by atoms with Crippen molar-refractivity contribution in [1.82, 2.24) is 10.2 Å². The lowest BCUT2D eigenvalue weighted by atomic mass is 9.95. The van der Waals surface area contributed by atoms with E-state index in [-0.39, 0.29) is 5.91 Å². The molecule has 1 rings (SSSR count). The number of hydrogen-bond acceptors (Lipinski definition) is 3. The molecule has 0 radical (unpaired) electrons. The lowest BCUT2D eigenvalue weighted by Crippen LogP contribution is -2.47. The molecule has 6 nitrogen and oxygen atoms in total. The first kappa shape index (κ1) is 16.8. The number of carbonyl (C=O) groups is 1. The van der Waals surface area contributed by atoms with Crippen LogP contribution in [0.1, 0.15) is 32.6 Å². The number of primary amides is 1. The summed E-state index contributed by atoms with van der Waals surface area (Å²) in [5.74, 6) is 1.08. The van der Waals surface area contributed by atoms with Crippen LogP contribution in [0.25, 0.3) is 0 Å². The normalized spacial score (nSPS) is 20.0. The molecule has 1 atom stereocenters. The predicted molar refractivity (Wildman–Crippen MR) is 80.6 cm³/mol. The van der Waals surface area contributed by atoms with E-state index >= 15 is 0 Å². The summed E-state index contributed by atoms with van der Waals surface area (Å²) in [5, 5.41) is 3.32. The second-order valence-corrected chi connectivity index (χ2v) is 5.21. The fraction of sp³-hybridized carbons (Fsp3) is 0.857. The van der Waals surface area contributed by atoms with Gasteiger partial charge in [-0.1, -0.05) is 0 Å². The van der Waals surface area contributed by atoms with E-state index < -0.39 is 0 Å². The van der Waals surface area contributed by atoms with Gasteiger partial charge in [-0.3, -0.25) is 9.79 Å². The number of piperidine rings is 1. The fourth-order valence-electron chi connectivity index (χ4n) is 2.53. The Hall–Kier alpha value is -1.30.